The molecule has 7 heteroatoms. The molecule has 7 nitrogen and oxygen atoms in total. The summed E-state index contributed by atoms with van der Waals surface area (Å²) in [7, 11) is 0. The molecule has 33 heavy (non-hydrogen) atoms. The summed E-state index contributed by atoms with van der Waals surface area (Å²) in [6.45, 7) is 3.69. The van der Waals surface area contributed by atoms with Gasteiger partial charge in [0.05, 0.1) is 5.92 Å². The van der Waals surface area contributed by atoms with Crippen LogP contribution in [-0.2, 0) is 14.3 Å². The number of nitrogens with one attached hydrogen (secondary N) is 2. The molecule has 2 aromatic rings. The minimum absolute atomic E-state index is 0.0278. The molecule has 2 amide bonds. The van der Waals surface area contributed by atoms with Crippen molar-refractivity contribution in [3.63, 3.8) is 0 Å². The van der Waals surface area contributed by atoms with Crippen molar-refractivity contribution >= 4 is 18.0 Å². The number of hydrogen-bond acceptors (Lipinski definition) is 4. The van der Waals surface area contributed by atoms with E-state index in [9.17, 15) is 19.5 Å². The van der Waals surface area contributed by atoms with Gasteiger partial charge in [0.2, 0.25) is 5.91 Å². The summed E-state index contributed by atoms with van der Waals surface area (Å²) in [5.74, 6) is -1.75. The average Bonchev–Trinajstić information content (AvgIpc) is 3.34. The Morgan fingerprint density at radius 3 is 2.21 bits per heavy atom. The number of aliphatic carboxylic acids is 1. The SMILES string of the molecule is CC(C)(CC(=O)N[C@H]1CCC[C@H]1C(=O)O)NC(=O)OCC1c2ccccc2-c2ccccc21. The molecule has 2 aliphatic carbocycles. The van der Waals surface area contributed by atoms with Crippen LogP contribution in [0.3, 0.4) is 0 Å². The maximum absolute atomic E-state index is 12.6. The summed E-state index contributed by atoms with van der Waals surface area (Å²) < 4.78 is 5.58. The van der Waals surface area contributed by atoms with Crippen molar-refractivity contribution in [2.45, 2.75) is 57.0 Å². The molecule has 174 valence electrons. The van der Waals surface area contributed by atoms with Crippen LogP contribution in [0.4, 0.5) is 4.79 Å². The van der Waals surface area contributed by atoms with Crippen molar-refractivity contribution in [2.75, 3.05) is 6.61 Å². The Bertz CT molecular complexity index is 1020. The first-order valence-corrected chi connectivity index (χ1v) is 11.4. The van der Waals surface area contributed by atoms with E-state index in [1.54, 1.807) is 13.8 Å². The van der Waals surface area contributed by atoms with Gasteiger partial charge in [-0.3, -0.25) is 9.59 Å². The molecule has 0 radical (unpaired) electrons. The fourth-order valence-corrected chi connectivity index (χ4v) is 5.04. The zero-order valence-corrected chi connectivity index (χ0v) is 19.0. The highest BCUT2D eigenvalue weighted by atomic mass is 16.5. The fraction of sp³-hybridized carbons (Fsp3) is 0.423. The van der Waals surface area contributed by atoms with E-state index >= 15 is 0 Å². The summed E-state index contributed by atoms with van der Waals surface area (Å²) in [6.07, 6.45) is 1.45. The number of ether oxygens (including phenoxy) is 1. The van der Waals surface area contributed by atoms with Gasteiger partial charge in [-0.1, -0.05) is 55.0 Å². The van der Waals surface area contributed by atoms with Crippen molar-refractivity contribution < 1.29 is 24.2 Å². The molecule has 0 heterocycles. The Morgan fingerprint density at radius 1 is 1.00 bits per heavy atom. The second-order valence-electron chi connectivity index (χ2n) is 9.56. The first-order valence-electron chi connectivity index (χ1n) is 11.4. The predicted molar refractivity (Wildman–Crippen MR) is 124 cm³/mol. The number of fused-ring (bicyclic) bond motifs is 3. The van der Waals surface area contributed by atoms with Crippen LogP contribution < -0.4 is 10.6 Å². The Labute approximate surface area is 193 Å². The smallest absolute Gasteiger partial charge is 0.407 e. The molecule has 0 saturated heterocycles. The number of carbonyl (C=O) groups is 3. The molecular weight excluding hydrogens is 420 g/mol. The Kier molecular flexibility index (Phi) is 6.40. The van der Waals surface area contributed by atoms with Gasteiger partial charge < -0.3 is 20.5 Å². The standard InChI is InChI=1S/C26H30N2O5/c1-26(2,14-23(29)27-22-13-7-12-20(22)24(30)31)28-25(32)33-15-21-18-10-5-3-8-16(18)17-9-4-6-11-19(17)21/h3-6,8-11,20-22H,7,12-15H2,1-2H3,(H,27,29)(H,28,32)(H,30,31)/t20-,22+/m1/s1. The quantitative estimate of drug-likeness (QED) is 0.590. The fourth-order valence-electron chi connectivity index (χ4n) is 5.04. The van der Waals surface area contributed by atoms with Crippen LogP contribution in [0.5, 0.6) is 0 Å². The van der Waals surface area contributed by atoms with Gasteiger partial charge in [0, 0.05) is 23.9 Å². The third-order valence-electron chi connectivity index (χ3n) is 6.57. The van der Waals surface area contributed by atoms with Gasteiger partial charge in [-0.05, 0) is 48.9 Å². The van der Waals surface area contributed by atoms with Crippen LogP contribution >= 0.6 is 0 Å². The van der Waals surface area contributed by atoms with E-state index in [-0.39, 0.29) is 30.9 Å². The molecule has 1 saturated carbocycles. The third kappa shape index (κ3) is 5.02. The lowest BCUT2D eigenvalue weighted by molar-refractivity contribution is -0.142. The molecule has 0 aliphatic heterocycles. The average molecular weight is 451 g/mol. The van der Waals surface area contributed by atoms with Gasteiger partial charge in [0.25, 0.3) is 0 Å². The van der Waals surface area contributed by atoms with Crippen LogP contribution in [-0.4, -0.2) is 41.3 Å². The largest absolute Gasteiger partial charge is 0.481 e. The molecule has 4 rings (SSSR count). The lowest BCUT2D eigenvalue weighted by Gasteiger charge is -2.27. The minimum Gasteiger partial charge on any atom is -0.481 e. The molecule has 2 aromatic carbocycles. The normalized spacial score (nSPS) is 19.5. The van der Waals surface area contributed by atoms with Crippen molar-refractivity contribution in [2.24, 2.45) is 5.92 Å². The molecule has 0 bridgehead atoms. The van der Waals surface area contributed by atoms with E-state index in [0.29, 0.717) is 12.8 Å². The van der Waals surface area contributed by atoms with Gasteiger partial charge >= 0.3 is 12.1 Å². The number of carboxylic acids is 1. The molecule has 2 aliphatic rings. The molecule has 0 aromatic heterocycles. The lowest BCUT2D eigenvalue weighted by atomic mass is 9.98. The van der Waals surface area contributed by atoms with E-state index in [1.165, 1.54) is 0 Å². The van der Waals surface area contributed by atoms with Crippen LogP contribution in [0, 0.1) is 5.92 Å². The number of carboxylic acid groups (broad SMARTS) is 1. The van der Waals surface area contributed by atoms with E-state index in [4.69, 9.17) is 4.74 Å². The number of carbonyl (C=O) groups excluding carboxylic acids is 2. The molecule has 0 spiro atoms. The van der Waals surface area contributed by atoms with E-state index < -0.39 is 23.5 Å². The first kappa shape index (κ1) is 22.8. The highest BCUT2D eigenvalue weighted by Gasteiger charge is 2.35. The van der Waals surface area contributed by atoms with E-state index in [0.717, 1.165) is 28.7 Å². The molecular formula is C26H30N2O5. The van der Waals surface area contributed by atoms with E-state index in [1.807, 2.05) is 24.3 Å². The van der Waals surface area contributed by atoms with Crippen LogP contribution in [0.1, 0.15) is 56.6 Å². The summed E-state index contributed by atoms with van der Waals surface area (Å²) in [6, 6.07) is 15.9. The lowest BCUT2D eigenvalue weighted by Crippen LogP contribution is -2.49. The van der Waals surface area contributed by atoms with Crippen molar-refractivity contribution in [1.29, 1.82) is 0 Å². The maximum Gasteiger partial charge on any atom is 0.407 e. The molecule has 2 atom stereocenters. The second kappa shape index (κ2) is 9.25. The minimum atomic E-state index is -0.881. The van der Waals surface area contributed by atoms with E-state index in [2.05, 4.69) is 34.9 Å². The summed E-state index contributed by atoms with van der Waals surface area (Å²) in [4.78, 5) is 36.4. The summed E-state index contributed by atoms with van der Waals surface area (Å²) in [5.41, 5.74) is 3.74. The zero-order valence-electron chi connectivity index (χ0n) is 19.0. The van der Waals surface area contributed by atoms with Crippen molar-refractivity contribution in [3.8, 4) is 11.1 Å². The van der Waals surface area contributed by atoms with Gasteiger partial charge in [-0.2, -0.15) is 0 Å². The van der Waals surface area contributed by atoms with Crippen LogP contribution in [0.2, 0.25) is 0 Å². The van der Waals surface area contributed by atoms with Gasteiger partial charge in [-0.25, -0.2) is 4.79 Å². The monoisotopic (exact) mass is 450 g/mol. The van der Waals surface area contributed by atoms with Crippen molar-refractivity contribution in [1.82, 2.24) is 10.6 Å². The van der Waals surface area contributed by atoms with Crippen LogP contribution in [0.25, 0.3) is 11.1 Å². The number of alkyl carbamates (subject to hydrolysis) is 1. The first-order chi connectivity index (χ1) is 15.7. The maximum atomic E-state index is 12.6. The Morgan fingerprint density at radius 2 is 1.61 bits per heavy atom. The number of amides is 2. The highest BCUT2D eigenvalue weighted by molar-refractivity contribution is 5.81. The molecule has 1 fully saturated rings. The third-order valence-corrected chi connectivity index (χ3v) is 6.57. The van der Waals surface area contributed by atoms with Gasteiger partial charge in [0.15, 0.2) is 0 Å². The zero-order chi connectivity index (χ0) is 23.6. The van der Waals surface area contributed by atoms with Gasteiger partial charge in [0.1, 0.15) is 6.61 Å². The molecule has 3 N–H and O–H groups in total. The van der Waals surface area contributed by atoms with Gasteiger partial charge in [-0.15, -0.1) is 0 Å². The predicted octanol–water partition coefficient (Wildman–Crippen LogP) is 4.06. The summed E-state index contributed by atoms with van der Waals surface area (Å²) >= 11 is 0. The van der Waals surface area contributed by atoms with Crippen LogP contribution in [0.15, 0.2) is 48.5 Å². The number of benzene rings is 2. The topological polar surface area (TPSA) is 105 Å². The number of hydrogen-bond donors (Lipinski definition) is 3. The Balaban J connectivity index is 1.32. The number of rotatable bonds is 7. The Hall–Kier alpha value is -3.35. The summed E-state index contributed by atoms with van der Waals surface area (Å²) in [5, 5.41) is 14.9. The molecule has 0 unspecified atom stereocenters. The highest BCUT2D eigenvalue weighted by Crippen LogP contribution is 2.44. The van der Waals surface area contributed by atoms with Crippen molar-refractivity contribution in [3.05, 3.63) is 59.7 Å². The second-order valence-corrected chi connectivity index (χ2v) is 9.56.